The first-order chi connectivity index (χ1) is 9.74. The second kappa shape index (κ2) is 7.60. The molecule has 1 aliphatic rings. The Morgan fingerprint density at radius 2 is 2.15 bits per heavy atom. The fourth-order valence-corrected chi connectivity index (χ4v) is 2.77. The van der Waals surface area contributed by atoms with E-state index in [0.717, 1.165) is 51.2 Å². The third kappa shape index (κ3) is 3.93. The number of rotatable bonds is 6. The zero-order valence-electron chi connectivity index (χ0n) is 12.7. The van der Waals surface area contributed by atoms with Crippen LogP contribution in [-0.2, 0) is 11.2 Å². The van der Waals surface area contributed by atoms with Crippen LogP contribution in [0.3, 0.4) is 0 Å². The average molecular weight is 277 g/mol. The van der Waals surface area contributed by atoms with Gasteiger partial charge in [0.25, 0.3) is 0 Å². The van der Waals surface area contributed by atoms with Crippen molar-refractivity contribution in [1.82, 2.24) is 4.98 Å². The number of pyridine rings is 1. The highest BCUT2D eigenvalue weighted by Crippen LogP contribution is 2.24. The lowest BCUT2D eigenvalue weighted by Gasteiger charge is -2.33. The van der Waals surface area contributed by atoms with Gasteiger partial charge in [-0.05, 0) is 44.2 Å². The van der Waals surface area contributed by atoms with Gasteiger partial charge in [0.15, 0.2) is 0 Å². The number of aromatic nitrogens is 1. The summed E-state index contributed by atoms with van der Waals surface area (Å²) in [6.07, 6.45) is 6.38. The molecule has 0 bridgehead atoms. The van der Waals surface area contributed by atoms with Crippen molar-refractivity contribution in [2.24, 2.45) is 5.73 Å². The number of nitrogens with two attached hydrogens (primary N) is 1. The smallest absolute Gasteiger partial charge is 0.131 e. The zero-order chi connectivity index (χ0) is 14.4. The molecule has 1 saturated heterocycles. The number of hydrogen-bond donors (Lipinski definition) is 1. The molecule has 4 nitrogen and oxygen atoms in total. The normalized spacial score (nSPS) is 18.2. The minimum absolute atomic E-state index is 0.221. The summed E-state index contributed by atoms with van der Waals surface area (Å²) >= 11 is 0. The van der Waals surface area contributed by atoms with Crippen molar-refractivity contribution < 1.29 is 4.74 Å². The quantitative estimate of drug-likeness (QED) is 0.867. The summed E-state index contributed by atoms with van der Waals surface area (Å²) in [6.45, 7) is 7.06. The van der Waals surface area contributed by atoms with Gasteiger partial charge in [0, 0.05) is 31.9 Å². The molecule has 1 unspecified atom stereocenters. The van der Waals surface area contributed by atoms with Crippen LogP contribution in [0.15, 0.2) is 18.3 Å². The van der Waals surface area contributed by atoms with Gasteiger partial charge >= 0.3 is 0 Å². The van der Waals surface area contributed by atoms with Gasteiger partial charge in [-0.15, -0.1) is 0 Å². The largest absolute Gasteiger partial charge is 0.378 e. The maximum Gasteiger partial charge on any atom is 0.131 e. The van der Waals surface area contributed by atoms with Crippen molar-refractivity contribution in [1.29, 1.82) is 0 Å². The second-order valence-corrected chi connectivity index (χ2v) is 5.50. The van der Waals surface area contributed by atoms with Gasteiger partial charge in [-0.3, -0.25) is 0 Å². The summed E-state index contributed by atoms with van der Waals surface area (Å²) in [7, 11) is 0. The predicted octanol–water partition coefficient (Wildman–Crippen LogP) is 2.37. The van der Waals surface area contributed by atoms with E-state index in [9.17, 15) is 0 Å². The molecule has 2 rings (SSSR count). The van der Waals surface area contributed by atoms with E-state index in [1.165, 1.54) is 5.56 Å². The van der Waals surface area contributed by atoms with Crippen molar-refractivity contribution in [2.75, 3.05) is 24.6 Å². The molecule has 0 spiro atoms. The SMILES string of the molecule is CCOC1CCN(c2ncccc2CC(N)CC)CC1. The molecule has 0 aliphatic carbocycles. The van der Waals surface area contributed by atoms with Crippen molar-refractivity contribution in [3.05, 3.63) is 23.9 Å². The predicted molar refractivity (Wildman–Crippen MR) is 83.1 cm³/mol. The molecule has 1 fully saturated rings. The maximum atomic E-state index is 6.10. The van der Waals surface area contributed by atoms with Crippen LogP contribution in [0.2, 0.25) is 0 Å². The lowest BCUT2D eigenvalue weighted by Crippen LogP contribution is -2.38. The molecule has 1 aromatic heterocycles. The fourth-order valence-electron chi connectivity index (χ4n) is 2.77. The van der Waals surface area contributed by atoms with E-state index in [0.29, 0.717) is 6.10 Å². The first-order valence-electron chi connectivity index (χ1n) is 7.80. The van der Waals surface area contributed by atoms with Crippen LogP contribution in [-0.4, -0.2) is 36.8 Å². The summed E-state index contributed by atoms with van der Waals surface area (Å²) < 4.78 is 5.71. The molecular formula is C16H27N3O. The monoisotopic (exact) mass is 277 g/mol. The fraction of sp³-hybridized carbons (Fsp3) is 0.688. The standard InChI is InChI=1S/C16H27N3O/c1-3-14(17)12-13-6-5-9-18-16(13)19-10-7-15(8-11-19)20-4-2/h5-6,9,14-15H,3-4,7-8,10-12,17H2,1-2H3. The molecule has 0 aromatic carbocycles. The molecule has 0 amide bonds. The van der Waals surface area contributed by atoms with Crippen LogP contribution < -0.4 is 10.6 Å². The van der Waals surface area contributed by atoms with Gasteiger partial charge in [0.05, 0.1) is 6.10 Å². The molecule has 2 N–H and O–H groups in total. The minimum atomic E-state index is 0.221. The molecule has 1 aliphatic heterocycles. The van der Waals surface area contributed by atoms with E-state index < -0.39 is 0 Å². The van der Waals surface area contributed by atoms with E-state index in [1.807, 2.05) is 12.3 Å². The van der Waals surface area contributed by atoms with Gasteiger partial charge < -0.3 is 15.4 Å². The highest BCUT2D eigenvalue weighted by molar-refractivity contribution is 5.47. The second-order valence-electron chi connectivity index (χ2n) is 5.50. The van der Waals surface area contributed by atoms with Gasteiger partial charge in [-0.2, -0.15) is 0 Å². The topological polar surface area (TPSA) is 51.4 Å². The maximum absolute atomic E-state index is 6.10. The van der Waals surface area contributed by atoms with Crippen molar-refractivity contribution in [3.8, 4) is 0 Å². The summed E-state index contributed by atoms with van der Waals surface area (Å²) in [6, 6.07) is 4.39. The van der Waals surface area contributed by atoms with Crippen LogP contribution in [0.25, 0.3) is 0 Å². The third-order valence-electron chi connectivity index (χ3n) is 4.02. The summed E-state index contributed by atoms with van der Waals surface area (Å²) in [4.78, 5) is 6.97. The van der Waals surface area contributed by atoms with E-state index >= 15 is 0 Å². The Morgan fingerprint density at radius 3 is 2.80 bits per heavy atom. The molecular weight excluding hydrogens is 250 g/mol. The molecule has 1 aromatic rings. The lowest BCUT2D eigenvalue weighted by atomic mass is 10.0. The van der Waals surface area contributed by atoms with Crippen LogP contribution in [0, 0.1) is 0 Å². The minimum Gasteiger partial charge on any atom is -0.378 e. The van der Waals surface area contributed by atoms with Crippen molar-refractivity contribution >= 4 is 5.82 Å². The van der Waals surface area contributed by atoms with Crippen molar-refractivity contribution in [3.63, 3.8) is 0 Å². The molecule has 0 radical (unpaired) electrons. The van der Waals surface area contributed by atoms with Crippen molar-refractivity contribution in [2.45, 2.75) is 51.7 Å². The highest BCUT2D eigenvalue weighted by Gasteiger charge is 2.22. The zero-order valence-corrected chi connectivity index (χ0v) is 12.7. The van der Waals surface area contributed by atoms with Gasteiger partial charge in [0.2, 0.25) is 0 Å². The molecule has 20 heavy (non-hydrogen) atoms. The summed E-state index contributed by atoms with van der Waals surface area (Å²) in [5.41, 5.74) is 7.37. The lowest BCUT2D eigenvalue weighted by molar-refractivity contribution is 0.0458. The Bertz CT molecular complexity index is 402. The highest BCUT2D eigenvalue weighted by atomic mass is 16.5. The van der Waals surface area contributed by atoms with Gasteiger partial charge in [0.1, 0.15) is 5.82 Å². The van der Waals surface area contributed by atoms with Crippen LogP contribution in [0.5, 0.6) is 0 Å². The average Bonchev–Trinajstić information content (AvgIpc) is 2.49. The molecule has 2 heterocycles. The molecule has 4 heteroatoms. The van der Waals surface area contributed by atoms with E-state index in [1.54, 1.807) is 0 Å². The first kappa shape index (κ1) is 15.3. The van der Waals surface area contributed by atoms with Crippen LogP contribution >= 0.6 is 0 Å². The number of ether oxygens (including phenoxy) is 1. The Labute approximate surface area is 122 Å². The Balaban J connectivity index is 2.02. The summed E-state index contributed by atoms with van der Waals surface area (Å²) in [5, 5.41) is 0. The molecule has 1 atom stereocenters. The van der Waals surface area contributed by atoms with Crippen LogP contribution in [0.1, 0.15) is 38.7 Å². The summed E-state index contributed by atoms with van der Waals surface area (Å²) in [5.74, 6) is 1.12. The Morgan fingerprint density at radius 1 is 1.40 bits per heavy atom. The Kier molecular flexibility index (Phi) is 5.80. The first-order valence-corrected chi connectivity index (χ1v) is 7.80. The third-order valence-corrected chi connectivity index (χ3v) is 4.02. The van der Waals surface area contributed by atoms with Gasteiger partial charge in [-0.1, -0.05) is 13.0 Å². The van der Waals surface area contributed by atoms with E-state index in [-0.39, 0.29) is 6.04 Å². The van der Waals surface area contributed by atoms with Crippen LogP contribution in [0.4, 0.5) is 5.82 Å². The number of piperidine rings is 1. The number of nitrogens with zero attached hydrogens (tertiary/aromatic N) is 2. The molecule has 112 valence electrons. The Hall–Kier alpha value is -1.13. The van der Waals surface area contributed by atoms with Gasteiger partial charge in [-0.25, -0.2) is 4.98 Å². The number of hydrogen-bond acceptors (Lipinski definition) is 4. The number of anilines is 1. The van der Waals surface area contributed by atoms with E-state index in [4.69, 9.17) is 10.5 Å². The van der Waals surface area contributed by atoms with E-state index in [2.05, 4.69) is 29.8 Å². The molecule has 0 saturated carbocycles.